The van der Waals surface area contributed by atoms with Gasteiger partial charge in [-0.25, -0.2) is 9.97 Å². The van der Waals surface area contributed by atoms with Crippen LogP contribution in [0.2, 0.25) is 0 Å². The van der Waals surface area contributed by atoms with E-state index in [9.17, 15) is 0 Å². The summed E-state index contributed by atoms with van der Waals surface area (Å²) in [4.78, 5) is 9.01. The molecule has 16 heavy (non-hydrogen) atoms. The molecule has 0 radical (unpaired) electrons. The first-order chi connectivity index (χ1) is 7.59. The van der Waals surface area contributed by atoms with E-state index in [2.05, 4.69) is 46.4 Å². The summed E-state index contributed by atoms with van der Waals surface area (Å²) in [5, 5.41) is 0. The molecule has 0 amide bonds. The van der Waals surface area contributed by atoms with Crippen LogP contribution in [0, 0.1) is 3.57 Å². The molecule has 0 spiro atoms. The number of nitrogen functional groups attached to an aromatic ring is 1. The number of nitrogens with zero attached hydrogens (tertiary/aromatic N) is 2. The van der Waals surface area contributed by atoms with Crippen LogP contribution in [0.3, 0.4) is 0 Å². The lowest BCUT2D eigenvalue weighted by atomic mass is 10.1. The number of halogens is 1. The van der Waals surface area contributed by atoms with Gasteiger partial charge in [-0.1, -0.05) is 13.8 Å². The van der Waals surface area contributed by atoms with E-state index < -0.39 is 0 Å². The normalized spacial score (nSPS) is 20.6. The number of ether oxygens (including phenoxy) is 1. The minimum atomic E-state index is 0.316. The van der Waals surface area contributed by atoms with Crippen LogP contribution in [-0.4, -0.2) is 23.2 Å². The molecule has 1 aliphatic heterocycles. The third kappa shape index (κ3) is 2.29. The molecule has 1 aromatic rings. The summed E-state index contributed by atoms with van der Waals surface area (Å²) in [6.45, 7) is 5.77. The van der Waals surface area contributed by atoms with E-state index in [1.807, 2.05) is 0 Å². The highest BCUT2D eigenvalue weighted by Gasteiger charge is 2.23. The molecule has 2 N–H and O–H groups in total. The SMILES string of the molecule is CC(C)c1nc(C2CCOC2)nc(N)c1I. The zero-order valence-corrected chi connectivity index (χ0v) is 11.7. The van der Waals surface area contributed by atoms with Gasteiger partial charge in [0.1, 0.15) is 11.6 Å². The Labute approximate surface area is 109 Å². The molecule has 1 atom stereocenters. The monoisotopic (exact) mass is 333 g/mol. The number of aromatic nitrogens is 2. The molecule has 4 nitrogen and oxygen atoms in total. The van der Waals surface area contributed by atoms with Gasteiger partial charge in [-0.3, -0.25) is 0 Å². The maximum absolute atomic E-state index is 5.93. The fraction of sp³-hybridized carbons (Fsp3) is 0.636. The zero-order chi connectivity index (χ0) is 11.7. The highest BCUT2D eigenvalue weighted by Crippen LogP contribution is 2.28. The topological polar surface area (TPSA) is 61.0 Å². The number of anilines is 1. The van der Waals surface area contributed by atoms with Crippen LogP contribution in [0.5, 0.6) is 0 Å². The van der Waals surface area contributed by atoms with Crippen molar-refractivity contribution >= 4 is 28.4 Å². The summed E-state index contributed by atoms with van der Waals surface area (Å²) in [5.74, 6) is 2.13. The van der Waals surface area contributed by atoms with Crippen molar-refractivity contribution in [1.82, 2.24) is 9.97 Å². The summed E-state index contributed by atoms with van der Waals surface area (Å²) in [6, 6.07) is 0. The smallest absolute Gasteiger partial charge is 0.140 e. The molecule has 1 unspecified atom stereocenters. The van der Waals surface area contributed by atoms with Gasteiger partial charge in [-0.15, -0.1) is 0 Å². The van der Waals surface area contributed by atoms with Gasteiger partial charge in [0.05, 0.1) is 15.9 Å². The zero-order valence-electron chi connectivity index (χ0n) is 9.53. The van der Waals surface area contributed by atoms with Crippen molar-refractivity contribution in [2.45, 2.75) is 32.1 Å². The summed E-state index contributed by atoms with van der Waals surface area (Å²) in [5.41, 5.74) is 6.98. The molecule has 2 heterocycles. The molecule has 0 aliphatic carbocycles. The van der Waals surface area contributed by atoms with Gasteiger partial charge in [-0.05, 0) is 34.9 Å². The van der Waals surface area contributed by atoms with Crippen LogP contribution < -0.4 is 5.73 Å². The van der Waals surface area contributed by atoms with E-state index in [0.29, 0.717) is 17.7 Å². The lowest BCUT2D eigenvalue weighted by molar-refractivity contribution is 0.193. The first kappa shape index (κ1) is 12.0. The summed E-state index contributed by atoms with van der Waals surface area (Å²) in [6.07, 6.45) is 0.998. The van der Waals surface area contributed by atoms with Crippen molar-refractivity contribution < 1.29 is 4.74 Å². The average Bonchev–Trinajstić information content (AvgIpc) is 2.74. The van der Waals surface area contributed by atoms with E-state index in [4.69, 9.17) is 10.5 Å². The Kier molecular flexibility index (Phi) is 3.63. The van der Waals surface area contributed by atoms with Crippen molar-refractivity contribution in [2.75, 3.05) is 18.9 Å². The van der Waals surface area contributed by atoms with Crippen LogP contribution >= 0.6 is 22.6 Å². The Balaban J connectivity index is 2.39. The van der Waals surface area contributed by atoms with E-state index >= 15 is 0 Å². The molecule has 5 heteroatoms. The second kappa shape index (κ2) is 4.83. The van der Waals surface area contributed by atoms with Gasteiger partial charge in [0.25, 0.3) is 0 Å². The number of rotatable bonds is 2. The van der Waals surface area contributed by atoms with Crippen LogP contribution in [-0.2, 0) is 4.74 Å². The minimum Gasteiger partial charge on any atom is -0.383 e. The molecule has 1 saturated heterocycles. The third-order valence-electron chi connectivity index (χ3n) is 2.76. The molecule has 1 aromatic heterocycles. The van der Waals surface area contributed by atoms with Crippen molar-refractivity contribution in [2.24, 2.45) is 0 Å². The molecule has 2 rings (SSSR count). The second-order valence-electron chi connectivity index (χ2n) is 4.38. The Morgan fingerprint density at radius 2 is 2.19 bits per heavy atom. The Morgan fingerprint density at radius 1 is 1.44 bits per heavy atom. The van der Waals surface area contributed by atoms with Crippen LogP contribution in [0.25, 0.3) is 0 Å². The molecule has 0 aromatic carbocycles. The predicted octanol–water partition coefficient (Wildman–Crippen LogP) is 2.29. The van der Waals surface area contributed by atoms with E-state index in [1.54, 1.807) is 0 Å². The van der Waals surface area contributed by atoms with E-state index in [0.717, 1.165) is 34.7 Å². The lowest BCUT2D eigenvalue weighted by Crippen LogP contribution is -2.12. The second-order valence-corrected chi connectivity index (χ2v) is 5.46. The molecular formula is C11H16IN3O. The van der Waals surface area contributed by atoms with Crippen molar-refractivity contribution in [3.05, 3.63) is 15.1 Å². The summed E-state index contributed by atoms with van der Waals surface area (Å²) >= 11 is 2.22. The van der Waals surface area contributed by atoms with Crippen molar-refractivity contribution in [3.8, 4) is 0 Å². The van der Waals surface area contributed by atoms with Crippen molar-refractivity contribution in [1.29, 1.82) is 0 Å². The summed E-state index contributed by atoms with van der Waals surface area (Å²) < 4.78 is 6.34. The highest BCUT2D eigenvalue weighted by molar-refractivity contribution is 14.1. The quantitative estimate of drug-likeness (QED) is 0.844. The third-order valence-corrected chi connectivity index (χ3v) is 3.87. The minimum absolute atomic E-state index is 0.316. The van der Waals surface area contributed by atoms with E-state index in [-0.39, 0.29) is 0 Å². The van der Waals surface area contributed by atoms with Crippen molar-refractivity contribution in [3.63, 3.8) is 0 Å². The van der Waals surface area contributed by atoms with Crippen LogP contribution in [0.15, 0.2) is 0 Å². The maximum Gasteiger partial charge on any atom is 0.140 e. The van der Waals surface area contributed by atoms with Gasteiger partial charge in [0.2, 0.25) is 0 Å². The molecule has 88 valence electrons. The standard InChI is InChI=1S/C11H16IN3O/c1-6(2)9-8(12)10(13)15-11(14-9)7-3-4-16-5-7/h6-7H,3-5H2,1-2H3,(H2,13,14,15). The first-order valence-corrected chi connectivity index (χ1v) is 6.58. The Bertz CT molecular complexity index is 389. The fourth-order valence-corrected chi connectivity index (χ4v) is 2.67. The lowest BCUT2D eigenvalue weighted by Gasteiger charge is -2.13. The van der Waals surface area contributed by atoms with Gasteiger partial charge in [0.15, 0.2) is 0 Å². The van der Waals surface area contributed by atoms with E-state index in [1.165, 1.54) is 0 Å². The summed E-state index contributed by atoms with van der Waals surface area (Å²) in [7, 11) is 0. The first-order valence-electron chi connectivity index (χ1n) is 5.50. The Morgan fingerprint density at radius 3 is 2.75 bits per heavy atom. The predicted molar refractivity (Wildman–Crippen MR) is 71.4 cm³/mol. The maximum atomic E-state index is 5.93. The number of hydrogen-bond donors (Lipinski definition) is 1. The van der Waals surface area contributed by atoms with Crippen LogP contribution in [0.4, 0.5) is 5.82 Å². The molecule has 0 saturated carbocycles. The van der Waals surface area contributed by atoms with Gasteiger partial charge in [-0.2, -0.15) is 0 Å². The van der Waals surface area contributed by atoms with Gasteiger partial charge in [0, 0.05) is 12.5 Å². The Hall–Kier alpha value is -0.430. The number of hydrogen-bond acceptors (Lipinski definition) is 4. The number of nitrogens with two attached hydrogens (primary N) is 1. The van der Waals surface area contributed by atoms with Gasteiger partial charge >= 0.3 is 0 Å². The molecular weight excluding hydrogens is 317 g/mol. The average molecular weight is 333 g/mol. The van der Waals surface area contributed by atoms with Crippen LogP contribution in [0.1, 0.15) is 43.6 Å². The largest absolute Gasteiger partial charge is 0.383 e. The molecule has 1 fully saturated rings. The van der Waals surface area contributed by atoms with Gasteiger partial charge < -0.3 is 10.5 Å². The highest BCUT2D eigenvalue weighted by atomic mass is 127. The molecule has 1 aliphatic rings. The fourth-order valence-electron chi connectivity index (χ4n) is 1.80. The molecule has 0 bridgehead atoms.